The lowest BCUT2D eigenvalue weighted by atomic mass is 9.98. The smallest absolute Gasteiger partial charge is 0.128 e. The molecular weight excluding hydrogens is 262 g/mol. The molecule has 0 N–H and O–H groups in total. The molecular formula is C17H17N3O. The molecule has 1 aliphatic heterocycles. The summed E-state index contributed by atoms with van der Waals surface area (Å²) in [6.45, 7) is 1.96. The van der Waals surface area contributed by atoms with Crippen LogP contribution >= 0.6 is 0 Å². The first kappa shape index (κ1) is 13.4. The van der Waals surface area contributed by atoms with Crippen LogP contribution in [0.5, 0.6) is 5.75 Å². The highest BCUT2D eigenvalue weighted by atomic mass is 16.5. The van der Waals surface area contributed by atoms with Gasteiger partial charge in [0.2, 0.25) is 0 Å². The fraction of sp³-hybridized carbons (Fsp3) is 0.294. The van der Waals surface area contributed by atoms with Crippen LogP contribution in [-0.4, -0.2) is 25.2 Å². The standard InChI is InChI=1S/C17H17N3O/c1-21-16-5-3-14(4-6-16)15-8-9-20(12-15)17-7-2-13(10-18)11-19-17/h2-7,11,15H,8-9,12H2,1H3/t15-/m1/s1. The Kier molecular flexibility index (Phi) is 3.74. The van der Waals surface area contributed by atoms with Gasteiger partial charge in [-0.1, -0.05) is 12.1 Å². The molecule has 1 saturated heterocycles. The minimum absolute atomic E-state index is 0.522. The minimum atomic E-state index is 0.522. The van der Waals surface area contributed by atoms with Crippen LogP contribution in [0.3, 0.4) is 0 Å². The van der Waals surface area contributed by atoms with E-state index in [-0.39, 0.29) is 0 Å². The van der Waals surface area contributed by atoms with Gasteiger partial charge in [-0.3, -0.25) is 0 Å². The van der Waals surface area contributed by atoms with Crippen LogP contribution in [0.15, 0.2) is 42.6 Å². The van der Waals surface area contributed by atoms with E-state index < -0.39 is 0 Å². The number of hydrogen-bond donors (Lipinski definition) is 0. The molecule has 1 aromatic heterocycles. The van der Waals surface area contributed by atoms with Gasteiger partial charge in [-0.2, -0.15) is 5.26 Å². The molecule has 1 aromatic carbocycles. The highest BCUT2D eigenvalue weighted by Crippen LogP contribution is 2.30. The van der Waals surface area contributed by atoms with Gasteiger partial charge in [0.05, 0.1) is 12.7 Å². The first-order valence-corrected chi connectivity index (χ1v) is 7.05. The van der Waals surface area contributed by atoms with Crippen molar-refractivity contribution in [2.45, 2.75) is 12.3 Å². The van der Waals surface area contributed by atoms with Crippen LogP contribution in [0.4, 0.5) is 5.82 Å². The molecule has 1 fully saturated rings. The maximum atomic E-state index is 8.81. The van der Waals surface area contributed by atoms with Crippen molar-refractivity contribution in [2.24, 2.45) is 0 Å². The Labute approximate surface area is 124 Å². The Morgan fingerprint density at radius 2 is 2.05 bits per heavy atom. The van der Waals surface area contributed by atoms with E-state index >= 15 is 0 Å². The first-order chi connectivity index (χ1) is 10.3. The maximum Gasteiger partial charge on any atom is 0.128 e. The highest BCUT2D eigenvalue weighted by molar-refractivity contribution is 5.44. The topological polar surface area (TPSA) is 49.1 Å². The number of anilines is 1. The van der Waals surface area contributed by atoms with E-state index in [1.54, 1.807) is 13.3 Å². The molecule has 0 saturated carbocycles. The monoisotopic (exact) mass is 279 g/mol. The summed E-state index contributed by atoms with van der Waals surface area (Å²) in [5.74, 6) is 2.36. The third kappa shape index (κ3) is 2.82. The average Bonchev–Trinajstić information content (AvgIpc) is 3.05. The van der Waals surface area contributed by atoms with Crippen molar-refractivity contribution in [2.75, 3.05) is 25.1 Å². The van der Waals surface area contributed by atoms with Crippen LogP contribution in [0.1, 0.15) is 23.5 Å². The highest BCUT2D eigenvalue weighted by Gasteiger charge is 2.24. The SMILES string of the molecule is COc1ccc([C@@H]2CCN(c3ccc(C#N)cn3)C2)cc1. The van der Waals surface area contributed by atoms with Crippen LogP contribution in [0.2, 0.25) is 0 Å². The number of aromatic nitrogens is 1. The molecule has 106 valence electrons. The second-order valence-electron chi connectivity index (χ2n) is 5.22. The van der Waals surface area contributed by atoms with E-state index in [0.29, 0.717) is 11.5 Å². The molecule has 4 heteroatoms. The molecule has 0 spiro atoms. The third-order valence-electron chi connectivity index (χ3n) is 3.98. The Balaban J connectivity index is 1.70. The molecule has 1 atom stereocenters. The summed E-state index contributed by atoms with van der Waals surface area (Å²) in [5.41, 5.74) is 1.94. The zero-order chi connectivity index (χ0) is 14.7. The number of methoxy groups -OCH3 is 1. The molecule has 0 radical (unpaired) electrons. The second kappa shape index (κ2) is 5.84. The summed E-state index contributed by atoms with van der Waals surface area (Å²) in [6.07, 6.45) is 2.75. The predicted octanol–water partition coefficient (Wildman–Crippen LogP) is 2.96. The number of nitrogens with zero attached hydrogens (tertiary/aromatic N) is 3. The number of rotatable bonds is 3. The van der Waals surface area contributed by atoms with Crippen molar-refractivity contribution in [3.8, 4) is 11.8 Å². The van der Waals surface area contributed by atoms with E-state index in [4.69, 9.17) is 10.00 Å². The fourth-order valence-corrected chi connectivity index (χ4v) is 2.76. The summed E-state index contributed by atoms with van der Waals surface area (Å²) < 4.78 is 5.20. The van der Waals surface area contributed by atoms with E-state index in [1.807, 2.05) is 24.3 Å². The number of nitriles is 1. The van der Waals surface area contributed by atoms with Gasteiger partial charge in [0.25, 0.3) is 0 Å². The molecule has 2 heterocycles. The van der Waals surface area contributed by atoms with Gasteiger partial charge in [-0.05, 0) is 36.2 Å². The molecule has 0 amide bonds. The Bertz CT molecular complexity index is 643. The zero-order valence-corrected chi connectivity index (χ0v) is 12.0. The van der Waals surface area contributed by atoms with Gasteiger partial charge in [0.1, 0.15) is 17.6 Å². The van der Waals surface area contributed by atoms with Crippen LogP contribution in [0.25, 0.3) is 0 Å². The molecule has 0 bridgehead atoms. The molecule has 0 aliphatic carbocycles. The Morgan fingerprint density at radius 1 is 1.24 bits per heavy atom. The number of pyridine rings is 1. The quantitative estimate of drug-likeness (QED) is 0.866. The van der Waals surface area contributed by atoms with Crippen LogP contribution in [0, 0.1) is 11.3 Å². The van der Waals surface area contributed by atoms with E-state index in [0.717, 1.165) is 31.1 Å². The minimum Gasteiger partial charge on any atom is -0.497 e. The van der Waals surface area contributed by atoms with Crippen molar-refractivity contribution < 1.29 is 4.74 Å². The van der Waals surface area contributed by atoms with E-state index in [2.05, 4.69) is 28.1 Å². The van der Waals surface area contributed by atoms with Crippen molar-refractivity contribution in [3.05, 3.63) is 53.7 Å². The lowest BCUT2D eigenvalue weighted by Gasteiger charge is -2.17. The lowest BCUT2D eigenvalue weighted by Crippen LogP contribution is -2.20. The van der Waals surface area contributed by atoms with Gasteiger partial charge >= 0.3 is 0 Å². The van der Waals surface area contributed by atoms with Gasteiger partial charge in [-0.25, -0.2) is 4.98 Å². The summed E-state index contributed by atoms with van der Waals surface area (Å²) >= 11 is 0. The molecule has 0 unspecified atom stereocenters. The Morgan fingerprint density at radius 3 is 2.67 bits per heavy atom. The van der Waals surface area contributed by atoms with E-state index in [9.17, 15) is 0 Å². The molecule has 1 aliphatic rings. The molecule has 21 heavy (non-hydrogen) atoms. The normalized spacial score (nSPS) is 17.5. The largest absolute Gasteiger partial charge is 0.497 e. The lowest BCUT2D eigenvalue weighted by molar-refractivity contribution is 0.414. The number of hydrogen-bond acceptors (Lipinski definition) is 4. The zero-order valence-electron chi connectivity index (χ0n) is 12.0. The third-order valence-corrected chi connectivity index (χ3v) is 3.98. The number of benzene rings is 1. The van der Waals surface area contributed by atoms with Gasteiger partial charge in [0, 0.05) is 25.2 Å². The van der Waals surface area contributed by atoms with Gasteiger partial charge in [-0.15, -0.1) is 0 Å². The average molecular weight is 279 g/mol. The van der Waals surface area contributed by atoms with Crippen molar-refractivity contribution in [1.82, 2.24) is 4.98 Å². The number of ether oxygens (including phenoxy) is 1. The van der Waals surface area contributed by atoms with Gasteiger partial charge in [0.15, 0.2) is 0 Å². The van der Waals surface area contributed by atoms with Crippen LogP contribution in [-0.2, 0) is 0 Å². The molecule has 4 nitrogen and oxygen atoms in total. The van der Waals surface area contributed by atoms with Gasteiger partial charge < -0.3 is 9.64 Å². The second-order valence-corrected chi connectivity index (χ2v) is 5.22. The van der Waals surface area contributed by atoms with Crippen molar-refractivity contribution in [3.63, 3.8) is 0 Å². The summed E-state index contributed by atoms with van der Waals surface area (Å²) in [7, 11) is 1.68. The molecule has 3 rings (SSSR count). The summed E-state index contributed by atoms with van der Waals surface area (Å²) in [5, 5.41) is 8.81. The van der Waals surface area contributed by atoms with Crippen LogP contribution < -0.4 is 9.64 Å². The summed E-state index contributed by atoms with van der Waals surface area (Å²) in [6, 6.07) is 14.1. The maximum absolute atomic E-state index is 8.81. The first-order valence-electron chi connectivity index (χ1n) is 7.05. The predicted molar refractivity (Wildman–Crippen MR) is 81.5 cm³/mol. The molecule has 2 aromatic rings. The van der Waals surface area contributed by atoms with Crippen molar-refractivity contribution >= 4 is 5.82 Å². The van der Waals surface area contributed by atoms with Crippen molar-refractivity contribution in [1.29, 1.82) is 5.26 Å². The Hall–Kier alpha value is -2.54. The fourth-order valence-electron chi connectivity index (χ4n) is 2.76. The van der Waals surface area contributed by atoms with E-state index in [1.165, 1.54) is 5.56 Å². The summed E-state index contributed by atoms with van der Waals surface area (Å²) in [4.78, 5) is 6.64.